The molecule has 1 saturated heterocycles. The van der Waals surface area contributed by atoms with Gasteiger partial charge in [-0.25, -0.2) is 0 Å². The molecule has 0 radical (unpaired) electrons. The monoisotopic (exact) mass is 390 g/mol. The summed E-state index contributed by atoms with van der Waals surface area (Å²) in [5.41, 5.74) is 2.71. The summed E-state index contributed by atoms with van der Waals surface area (Å²) < 4.78 is 0.926. The molecule has 0 atom stereocenters. The van der Waals surface area contributed by atoms with Crippen molar-refractivity contribution in [3.8, 4) is 0 Å². The van der Waals surface area contributed by atoms with Crippen molar-refractivity contribution in [3.05, 3.63) is 35.4 Å². The number of piperidine rings is 1. The Morgan fingerprint density at radius 2 is 2.08 bits per heavy atom. The van der Waals surface area contributed by atoms with Crippen LogP contribution in [0.4, 0.5) is 5.13 Å². The molecule has 1 aromatic heterocycles. The number of anilines is 1. The Balaban J connectivity index is 1.46. The van der Waals surface area contributed by atoms with Crippen LogP contribution in [0, 0.1) is 12.8 Å². The van der Waals surface area contributed by atoms with Gasteiger partial charge in [0.1, 0.15) is 0 Å². The maximum Gasteiger partial charge on any atom is 0.229 e. The highest BCUT2D eigenvalue weighted by Gasteiger charge is 2.26. The standard InChI is InChI=1S/C19H26N4OS2/c1-3-12-25-19-22-21-18(26-19)20-17(24)15-8-10-23(11-9-15)13-16-7-5-4-6-14(16)2/h4-7,15H,3,8-13H2,1-2H3,(H,20,21,24). The van der Waals surface area contributed by atoms with Crippen molar-refractivity contribution in [2.24, 2.45) is 5.92 Å². The molecule has 0 bridgehead atoms. The molecule has 1 aliphatic heterocycles. The third kappa shape index (κ3) is 5.28. The van der Waals surface area contributed by atoms with Crippen LogP contribution in [0.25, 0.3) is 0 Å². The summed E-state index contributed by atoms with van der Waals surface area (Å²) in [5.74, 6) is 1.18. The number of hydrogen-bond acceptors (Lipinski definition) is 6. The maximum atomic E-state index is 12.5. The minimum absolute atomic E-state index is 0.0683. The number of amides is 1. The lowest BCUT2D eigenvalue weighted by Gasteiger charge is -2.31. The van der Waals surface area contributed by atoms with Crippen LogP contribution in [0.2, 0.25) is 0 Å². The van der Waals surface area contributed by atoms with Crippen molar-refractivity contribution in [1.82, 2.24) is 15.1 Å². The fourth-order valence-corrected chi connectivity index (χ4v) is 4.78. The molecule has 0 unspecified atom stereocenters. The van der Waals surface area contributed by atoms with E-state index in [2.05, 4.69) is 58.5 Å². The van der Waals surface area contributed by atoms with E-state index in [0.29, 0.717) is 5.13 Å². The van der Waals surface area contributed by atoms with Crippen molar-refractivity contribution < 1.29 is 4.79 Å². The first-order valence-electron chi connectivity index (χ1n) is 9.19. The van der Waals surface area contributed by atoms with Crippen molar-refractivity contribution in [3.63, 3.8) is 0 Å². The number of likely N-dealkylation sites (tertiary alicyclic amines) is 1. The van der Waals surface area contributed by atoms with Gasteiger partial charge in [0.15, 0.2) is 4.34 Å². The first kappa shape index (κ1) is 19.3. The van der Waals surface area contributed by atoms with Gasteiger partial charge in [0.2, 0.25) is 11.0 Å². The Bertz CT molecular complexity index is 726. The zero-order valence-corrected chi connectivity index (χ0v) is 17.0. The molecule has 2 heterocycles. The van der Waals surface area contributed by atoms with Crippen LogP contribution >= 0.6 is 23.1 Å². The number of hydrogen-bond donors (Lipinski definition) is 1. The van der Waals surface area contributed by atoms with E-state index >= 15 is 0 Å². The van der Waals surface area contributed by atoms with Gasteiger partial charge in [0.05, 0.1) is 0 Å². The summed E-state index contributed by atoms with van der Waals surface area (Å²) in [6.07, 6.45) is 2.90. The molecular formula is C19H26N4OS2. The molecule has 5 nitrogen and oxygen atoms in total. The van der Waals surface area contributed by atoms with Gasteiger partial charge in [0.25, 0.3) is 0 Å². The molecule has 3 rings (SSSR count). The highest BCUT2D eigenvalue weighted by molar-refractivity contribution is 8.01. The van der Waals surface area contributed by atoms with E-state index in [4.69, 9.17) is 0 Å². The topological polar surface area (TPSA) is 58.1 Å². The molecule has 0 saturated carbocycles. The smallest absolute Gasteiger partial charge is 0.229 e. The van der Waals surface area contributed by atoms with E-state index in [9.17, 15) is 4.79 Å². The Morgan fingerprint density at radius 1 is 1.31 bits per heavy atom. The van der Waals surface area contributed by atoms with E-state index < -0.39 is 0 Å². The second-order valence-corrected chi connectivity index (χ2v) is 9.01. The Morgan fingerprint density at radius 3 is 2.81 bits per heavy atom. The molecule has 1 amide bonds. The molecule has 0 spiro atoms. The summed E-state index contributed by atoms with van der Waals surface area (Å²) in [4.78, 5) is 15.0. The average Bonchev–Trinajstić information content (AvgIpc) is 3.10. The van der Waals surface area contributed by atoms with Gasteiger partial charge in [0, 0.05) is 18.2 Å². The molecule has 26 heavy (non-hydrogen) atoms. The van der Waals surface area contributed by atoms with Crippen molar-refractivity contribution >= 4 is 34.1 Å². The van der Waals surface area contributed by atoms with Gasteiger partial charge < -0.3 is 5.32 Å². The predicted octanol–water partition coefficient (Wildman–Crippen LogP) is 4.20. The fourth-order valence-electron chi connectivity index (χ4n) is 3.10. The van der Waals surface area contributed by atoms with E-state index in [1.165, 1.54) is 22.5 Å². The van der Waals surface area contributed by atoms with Crippen LogP contribution in [0.1, 0.15) is 37.3 Å². The highest BCUT2D eigenvalue weighted by Crippen LogP contribution is 2.27. The SMILES string of the molecule is CCCSc1nnc(NC(=O)C2CCN(Cc3ccccc3C)CC2)s1. The second-order valence-electron chi connectivity index (χ2n) is 6.69. The Kier molecular flexibility index (Phi) is 7.05. The van der Waals surface area contributed by atoms with Crippen molar-refractivity contribution in [2.75, 3.05) is 24.2 Å². The van der Waals surface area contributed by atoms with E-state index in [0.717, 1.165) is 49.0 Å². The van der Waals surface area contributed by atoms with Crippen LogP contribution < -0.4 is 5.32 Å². The molecule has 1 N–H and O–H groups in total. The first-order chi connectivity index (χ1) is 12.7. The van der Waals surface area contributed by atoms with Crippen LogP contribution in [-0.2, 0) is 11.3 Å². The second kappa shape index (κ2) is 9.48. The summed E-state index contributed by atoms with van der Waals surface area (Å²) >= 11 is 3.16. The van der Waals surface area contributed by atoms with Crippen LogP contribution in [0.3, 0.4) is 0 Å². The molecule has 1 aromatic carbocycles. The number of aromatic nitrogens is 2. The Labute approximate surface area is 163 Å². The zero-order valence-electron chi connectivity index (χ0n) is 15.4. The van der Waals surface area contributed by atoms with Gasteiger partial charge in [-0.05, 0) is 50.4 Å². The average molecular weight is 391 g/mol. The summed E-state index contributed by atoms with van der Waals surface area (Å²) in [5, 5.41) is 11.8. The lowest BCUT2D eigenvalue weighted by Crippen LogP contribution is -2.37. The molecular weight excluding hydrogens is 364 g/mol. The number of nitrogens with one attached hydrogen (secondary N) is 1. The van der Waals surface area contributed by atoms with Gasteiger partial charge in [-0.1, -0.05) is 54.3 Å². The lowest BCUT2D eigenvalue weighted by molar-refractivity contribution is -0.121. The quantitative estimate of drug-likeness (QED) is 0.567. The summed E-state index contributed by atoms with van der Waals surface area (Å²) in [7, 11) is 0. The first-order valence-corrected chi connectivity index (χ1v) is 11.0. The van der Waals surface area contributed by atoms with Crippen molar-refractivity contribution in [2.45, 2.75) is 44.0 Å². The highest BCUT2D eigenvalue weighted by atomic mass is 32.2. The molecule has 7 heteroatoms. The maximum absolute atomic E-state index is 12.5. The third-order valence-electron chi connectivity index (χ3n) is 4.68. The number of thioether (sulfide) groups is 1. The summed E-state index contributed by atoms with van der Waals surface area (Å²) in [6.45, 7) is 7.18. The number of carbonyl (C=O) groups excluding carboxylic acids is 1. The largest absolute Gasteiger partial charge is 0.300 e. The normalized spacial score (nSPS) is 15.9. The molecule has 1 fully saturated rings. The van der Waals surface area contributed by atoms with Gasteiger partial charge in [-0.15, -0.1) is 10.2 Å². The molecule has 0 aliphatic carbocycles. The zero-order chi connectivity index (χ0) is 18.4. The number of benzene rings is 1. The summed E-state index contributed by atoms with van der Waals surface area (Å²) in [6, 6.07) is 8.52. The Hall–Kier alpha value is -1.44. The van der Waals surface area contributed by atoms with E-state index in [-0.39, 0.29) is 11.8 Å². The lowest BCUT2D eigenvalue weighted by atomic mass is 9.95. The molecule has 140 valence electrons. The number of rotatable bonds is 7. The number of nitrogens with zero attached hydrogens (tertiary/aromatic N) is 3. The van der Waals surface area contributed by atoms with Gasteiger partial charge >= 0.3 is 0 Å². The van der Waals surface area contributed by atoms with Gasteiger partial charge in [-0.2, -0.15) is 0 Å². The minimum atomic E-state index is 0.0683. The predicted molar refractivity (Wildman–Crippen MR) is 109 cm³/mol. The van der Waals surface area contributed by atoms with Crippen molar-refractivity contribution in [1.29, 1.82) is 0 Å². The van der Waals surface area contributed by atoms with Gasteiger partial charge in [-0.3, -0.25) is 9.69 Å². The number of carbonyl (C=O) groups is 1. The molecule has 2 aromatic rings. The minimum Gasteiger partial charge on any atom is -0.300 e. The van der Waals surface area contributed by atoms with Crippen LogP contribution in [-0.4, -0.2) is 39.8 Å². The molecule has 1 aliphatic rings. The van der Waals surface area contributed by atoms with E-state index in [1.807, 2.05) is 0 Å². The van der Waals surface area contributed by atoms with Crippen LogP contribution in [0.5, 0.6) is 0 Å². The fraction of sp³-hybridized carbons (Fsp3) is 0.526. The number of aryl methyl sites for hydroxylation is 1. The third-order valence-corrected chi connectivity index (χ3v) is 6.86. The van der Waals surface area contributed by atoms with E-state index in [1.54, 1.807) is 11.8 Å². The van der Waals surface area contributed by atoms with Crippen LogP contribution in [0.15, 0.2) is 28.6 Å².